The van der Waals surface area contributed by atoms with E-state index in [-0.39, 0.29) is 18.6 Å². The van der Waals surface area contributed by atoms with Gasteiger partial charge in [0.15, 0.2) is 6.61 Å². The molecule has 0 aliphatic heterocycles. The molecule has 2 aromatic carbocycles. The highest BCUT2D eigenvalue weighted by molar-refractivity contribution is 5.78. The highest BCUT2D eigenvalue weighted by atomic mass is 16.5. The van der Waals surface area contributed by atoms with Crippen molar-refractivity contribution in [2.75, 3.05) is 6.61 Å². The number of benzene rings is 2. The smallest absolute Gasteiger partial charge is 0.258 e. The third kappa shape index (κ3) is 4.46. The number of amides is 1. The molecular formula is C23H29NO2. The first-order valence-corrected chi connectivity index (χ1v) is 9.68. The number of nitrogens with one attached hydrogen (secondary N) is 1. The van der Waals surface area contributed by atoms with E-state index in [1.54, 1.807) is 0 Å². The molecule has 1 unspecified atom stereocenters. The van der Waals surface area contributed by atoms with Crippen LogP contribution in [-0.4, -0.2) is 12.5 Å². The normalized spacial score (nSPS) is 14.4. The molecule has 3 heteroatoms. The molecule has 0 saturated heterocycles. The molecule has 1 N–H and O–H groups in total. The molecule has 0 heterocycles. The molecule has 0 fully saturated rings. The summed E-state index contributed by atoms with van der Waals surface area (Å²) < 4.78 is 5.75. The SMILES string of the molecule is CCC(NC(=O)COc1ccc2c(c1)CCCC2)c1ccc(C)cc1C. The van der Waals surface area contributed by atoms with Gasteiger partial charge in [-0.2, -0.15) is 0 Å². The number of aryl methyl sites for hydroxylation is 4. The molecule has 0 saturated carbocycles. The topological polar surface area (TPSA) is 38.3 Å². The largest absolute Gasteiger partial charge is 0.484 e. The first kappa shape index (κ1) is 18.5. The van der Waals surface area contributed by atoms with Crippen LogP contribution >= 0.6 is 0 Å². The number of fused-ring (bicyclic) bond motifs is 1. The standard InChI is InChI=1S/C23H29NO2/c1-4-22(21-12-9-16(2)13-17(21)3)24-23(25)15-26-20-11-10-18-7-5-6-8-19(18)14-20/h9-14,22H,4-8,15H2,1-3H3,(H,24,25). The predicted molar refractivity (Wildman–Crippen MR) is 106 cm³/mol. The lowest BCUT2D eigenvalue weighted by atomic mass is 9.92. The van der Waals surface area contributed by atoms with Crippen molar-refractivity contribution < 1.29 is 9.53 Å². The summed E-state index contributed by atoms with van der Waals surface area (Å²) in [4.78, 5) is 12.4. The van der Waals surface area contributed by atoms with Gasteiger partial charge in [-0.1, -0.05) is 36.8 Å². The first-order valence-electron chi connectivity index (χ1n) is 9.68. The Bertz CT molecular complexity index is 782. The zero-order chi connectivity index (χ0) is 18.5. The van der Waals surface area contributed by atoms with Gasteiger partial charge in [-0.3, -0.25) is 4.79 Å². The summed E-state index contributed by atoms with van der Waals surface area (Å²) in [5.74, 6) is 0.718. The minimum Gasteiger partial charge on any atom is -0.484 e. The second-order valence-electron chi connectivity index (χ2n) is 7.31. The average Bonchev–Trinajstić information content (AvgIpc) is 2.65. The summed E-state index contributed by atoms with van der Waals surface area (Å²) in [6.45, 7) is 6.33. The highest BCUT2D eigenvalue weighted by Gasteiger charge is 2.16. The van der Waals surface area contributed by atoms with Crippen LogP contribution in [0.15, 0.2) is 36.4 Å². The van der Waals surface area contributed by atoms with Crippen molar-refractivity contribution in [2.24, 2.45) is 0 Å². The second-order valence-corrected chi connectivity index (χ2v) is 7.31. The van der Waals surface area contributed by atoms with Gasteiger partial charge >= 0.3 is 0 Å². The molecule has 0 aromatic heterocycles. The summed E-state index contributed by atoms with van der Waals surface area (Å²) >= 11 is 0. The first-order chi connectivity index (χ1) is 12.6. The van der Waals surface area contributed by atoms with Gasteiger partial charge in [0.2, 0.25) is 0 Å². The number of rotatable bonds is 6. The quantitative estimate of drug-likeness (QED) is 0.809. The van der Waals surface area contributed by atoms with E-state index in [0.717, 1.165) is 25.0 Å². The minimum absolute atomic E-state index is 0.0234. The van der Waals surface area contributed by atoms with Gasteiger partial charge in [0.05, 0.1) is 6.04 Å². The molecule has 1 atom stereocenters. The molecule has 2 aromatic rings. The van der Waals surface area contributed by atoms with Crippen LogP contribution in [0.4, 0.5) is 0 Å². The van der Waals surface area contributed by atoms with Crippen molar-refractivity contribution in [3.05, 3.63) is 64.2 Å². The van der Waals surface area contributed by atoms with Crippen LogP contribution in [0.5, 0.6) is 5.75 Å². The summed E-state index contributed by atoms with van der Waals surface area (Å²) in [5.41, 5.74) is 6.43. The van der Waals surface area contributed by atoms with Gasteiger partial charge < -0.3 is 10.1 Å². The van der Waals surface area contributed by atoms with Gasteiger partial charge in [-0.25, -0.2) is 0 Å². The van der Waals surface area contributed by atoms with Crippen LogP contribution in [0.2, 0.25) is 0 Å². The zero-order valence-electron chi connectivity index (χ0n) is 16.1. The van der Waals surface area contributed by atoms with Crippen molar-refractivity contribution >= 4 is 5.91 Å². The Morgan fingerprint density at radius 3 is 2.58 bits per heavy atom. The fraction of sp³-hybridized carbons (Fsp3) is 0.435. The lowest BCUT2D eigenvalue weighted by molar-refractivity contribution is -0.123. The Balaban J connectivity index is 1.59. The van der Waals surface area contributed by atoms with Gasteiger partial charge in [0.25, 0.3) is 5.91 Å². The minimum atomic E-state index is -0.0745. The Morgan fingerprint density at radius 1 is 1.08 bits per heavy atom. The van der Waals surface area contributed by atoms with Gasteiger partial charge in [-0.05, 0) is 80.3 Å². The molecule has 138 valence electrons. The van der Waals surface area contributed by atoms with Gasteiger partial charge in [0.1, 0.15) is 5.75 Å². The number of carbonyl (C=O) groups is 1. The lowest BCUT2D eigenvalue weighted by Crippen LogP contribution is -2.32. The predicted octanol–water partition coefficient (Wildman–Crippen LogP) is 4.83. The van der Waals surface area contributed by atoms with Crippen LogP contribution in [0.25, 0.3) is 0 Å². The molecular weight excluding hydrogens is 322 g/mol. The molecule has 3 rings (SSSR count). The van der Waals surface area contributed by atoms with E-state index in [0.29, 0.717) is 0 Å². The maximum atomic E-state index is 12.4. The van der Waals surface area contributed by atoms with Crippen molar-refractivity contribution in [3.63, 3.8) is 0 Å². The Hall–Kier alpha value is -2.29. The number of hydrogen-bond donors (Lipinski definition) is 1. The summed E-state index contributed by atoms with van der Waals surface area (Å²) in [6, 6.07) is 12.6. The lowest BCUT2D eigenvalue weighted by Gasteiger charge is -2.20. The van der Waals surface area contributed by atoms with Crippen molar-refractivity contribution in [1.82, 2.24) is 5.32 Å². The Morgan fingerprint density at radius 2 is 1.85 bits per heavy atom. The second kappa shape index (κ2) is 8.39. The van der Waals surface area contributed by atoms with E-state index >= 15 is 0 Å². The van der Waals surface area contributed by atoms with Crippen molar-refractivity contribution in [3.8, 4) is 5.75 Å². The van der Waals surface area contributed by atoms with Crippen LogP contribution in [0, 0.1) is 13.8 Å². The number of ether oxygens (including phenoxy) is 1. The van der Waals surface area contributed by atoms with E-state index in [4.69, 9.17) is 4.74 Å². The third-order valence-electron chi connectivity index (χ3n) is 5.23. The summed E-state index contributed by atoms with van der Waals surface area (Å²) in [6.07, 6.45) is 5.64. The molecule has 1 aliphatic carbocycles. The average molecular weight is 351 g/mol. The Kier molecular flexibility index (Phi) is 5.97. The van der Waals surface area contributed by atoms with Gasteiger partial charge in [0, 0.05) is 0 Å². The van der Waals surface area contributed by atoms with E-state index in [9.17, 15) is 4.79 Å². The molecule has 0 spiro atoms. The third-order valence-corrected chi connectivity index (χ3v) is 5.23. The Labute approximate surface area is 156 Å². The van der Waals surface area contributed by atoms with Gasteiger partial charge in [-0.15, -0.1) is 0 Å². The fourth-order valence-corrected chi connectivity index (χ4v) is 3.80. The summed E-state index contributed by atoms with van der Waals surface area (Å²) in [5, 5.41) is 3.11. The molecule has 3 nitrogen and oxygen atoms in total. The fourth-order valence-electron chi connectivity index (χ4n) is 3.80. The van der Waals surface area contributed by atoms with E-state index in [2.05, 4.69) is 56.4 Å². The maximum absolute atomic E-state index is 12.4. The number of hydrogen-bond acceptors (Lipinski definition) is 2. The van der Waals surface area contributed by atoms with E-state index in [1.165, 1.54) is 40.7 Å². The molecule has 1 amide bonds. The van der Waals surface area contributed by atoms with E-state index in [1.807, 2.05) is 6.07 Å². The van der Waals surface area contributed by atoms with Crippen LogP contribution in [0.3, 0.4) is 0 Å². The maximum Gasteiger partial charge on any atom is 0.258 e. The van der Waals surface area contributed by atoms with Crippen LogP contribution < -0.4 is 10.1 Å². The highest BCUT2D eigenvalue weighted by Crippen LogP contribution is 2.25. The molecule has 0 radical (unpaired) electrons. The van der Waals surface area contributed by atoms with Crippen LogP contribution in [0.1, 0.15) is 60.0 Å². The summed E-state index contributed by atoms with van der Waals surface area (Å²) in [7, 11) is 0. The van der Waals surface area contributed by atoms with Crippen molar-refractivity contribution in [1.29, 1.82) is 0 Å². The van der Waals surface area contributed by atoms with E-state index < -0.39 is 0 Å². The number of carbonyl (C=O) groups excluding carboxylic acids is 1. The molecule has 0 bridgehead atoms. The zero-order valence-corrected chi connectivity index (χ0v) is 16.1. The monoisotopic (exact) mass is 351 g/mol. The van der Waals surface area contributed by atoms with Crippen LogP contribution in [-0.2, 0) is 17.6 Å². The molecule has 26 heavy (non-hydrogen) atoms. The molecule has 1 aliphatic rings. The van der Waals surface area contributed by atoms with Crippen molar-refractivity contribution in [2.45, 2.75) is 58.9 Å².